The summed E-state index contributed by atoms with van der Waals surface area (Å²) >= 11 is 5.85. The summed E-state index contributed by atoms with van der Waals surface area (Å²) in [4.78, 5) is 3.80. The fraction of sp³-hybridized carbons (Fsp3) is 0.0833. The summed E-state index contributed by atoms with van der Waals surface area (Å²) in [6.07, 6.45) is 1.21. The Morgan fingerprint density at radius 2 is 2.00 bits per heavy atom. The van der Waals surface area contributed by atoms with E-state index in [-0.39, 0.29) is 10.7 Å². The van der Waals surface area contributed by atoms with Crippen molar-refractivity contribution in [3.8, 4) is 0 Å². The van der Waals surface area contributed by atoms with Crippen LogP contribution in [0.5, 0.6) is 0 Å². The van der Waals surface area contributed by atoms with E-state index >= 15 is 0 Å². The zero-order valence-electron chi connectivity index (χ0n) is 10.1. The number of pyridine rings is 1. The summed E-state index contributed by atoms with van der Waals surface area (Å²) in [5, 5.41) is 0.457. The normalized spacial score (nSPS) is 11.3. The number of sulfonamides is 1. The minimum atomic E-state index is -3.70. The van der Waals surface area contributed by atoms with Gasteiger partial charge in [-0.25, -0.2) is 13.4 Å². The fourth-order valence-electron chi connectivity index (χ4n) is 1.46. The molecule has 0 saturated heterocycles. The maximum Gasteiger partial charge on any atom is 0.263 e. The Bertz CT molecular complexity index is 699. The predicted octanol–water partition coefficient (Wildman–Crippen LogP) is 2.43. The summed E-state index contributed by atoms with van der Waals surface area (Å²) in [6.45, 7) is 1.79. The number of benzene rings is 1. The first-order chi connectivity index (χ1) is 8.88. The molecule has 0 aliphatic rings. The quantitative estimate of drug-likeness (QED) is 0.911. The number of anilines is 2. The number of rotatable bonds is 3. The number of nitrogens with one attached hydrogen (secondary N) is 1. The SMILES string of the molecule is Cc1ccc(Cl)cc1NS(=O)(=O)c1ccc(N)nc1. The molecule has 1 heterocycles. The average molecular weight is 298 g/mol. The van der Waals surface area contributed by atoms with Crippen LogP contribution in [0.4, 0.5) is 11.5 Å². The van der Waals surface area contributed by atoms with E-state index in [1.165, 1.54) is 18.3 Å². The molecule has 0 spiro atoms. The Hall–Kier alpha value is -1.79. The zero-order chi connectivity index (χ0) is 14.0. The third-order valence-corrected chi connectivity index (χ3v) is 4.10. The molecule has 0 saturated carbocycles. The molecular formula is C12H12ClN3O2S. The molecule has 2 rings (SSSR count). The van der Waals surface area contributed by atoms with Gasteiger partial charge in [-0.1, -0.05) is 17.7 Å². The lowest BCUT2D eigenvalue weighted by Crippen LogP contribution is -2.14. The molecule has 0 bridgehead atoms. The van der Waals surface area contributed by atoms with Gasteiger partial charge in [0.2, 0.25) is 0 Å². The van der Waals surface area contributed by atoms with Gasteiger partial charge in [-0.05, 0) is 36.8 Å². The summed E-state index contributed by atoms with van der Waals surface area (Å²) in [5.74, 6) is 0.262. The van der Waals surface area contributed by atoms with Crippen molar-refractivity contribution in [3.63, 3.8) is 0 Å². The Labute approximate surface area is 116 Å². The summed E-state index contributed by atoms with van der Waals surface area (Å²) in [6, 6.07) is 7.81. The van der Waals surface area contributed by atoms with Crippen molar-refractivity contribution in [2.45, 2.75) is 11.8 Å². The minimum absolute atomic E-state index is 0.0427. The van der Waals surface area contributed by atoms with Crippen molar-refractivity contribution in [2.75, 3.05) is 10.5 Å². The van der Waals surface area contributed by atoms with Gasteiger partial charge in [-0.3, -0.25) is 4.72 Å². The Kier molecular flexibility index (Phi) is 3.64. The van der Waals surface area contributed by atoms with Crippen molar-refractivity contribution in [1.82, 2.24) is 4.98 Å². The molecule has 0 amide bonds. The first kappa shape index (κ1) is 13.6. The highest BCUT2D eigenvalue weighted by atomic mass is 35.5. The third kappa shape index (κ3) is 3.15. The fourth-order valence-corrected chi connectivity index (χ4v) is 2.70. The molecule has 0 unspecified atom stereocenters. The number of aryl methyl sites for hydroxylation is 1. The van der Waals surface area contributed by atoms with E-state index < -0.39 is 10.0 Å². The van der Waals surface area contributed by atoms with Crippen molar-refractivity contribution < 1.29 is 8.42 Å². The van der Waals surface area contributed by atoms with Crippen LogP contribution in [0.15, 0.2) is 41.4 Å². The van der Waals surface area contributed by atoms with Crippen LogP contribution in [-0.4, -0.2) is 13.4 Å². The Balaban J connectivity index is 2.36. The smallest absolute Gasteiger partial charge is 0.263 e. The average Bonchev–Trinajstić information content (AvgIpc) is 2.34. The monoisotopic (exact) mass is 297 g/mol. The number of halogens is 1. The lowest BCUT2D eigenvalue weighted by Gasteiger charge is -2.10. The van der Waals surface area contributed by atoms with Gasteiger partial charge in [0.05, 0.1) is 5.69 Å². The molecule has 100 valence electrons. The number of nitrogen functional groups attached to an aromatic ring is 1. The number of aromatic nitrogens is 1. The van der Waals surface area contributed by atoms with Crippen molar-refractivity contribution in [2.24, 2.45) is 0 Å². The largest absolute Gasteiger partial charge is 0.384 e. The van der Waals surface area contributed by atoms with Crippen molar-refractivity contribution >= 4 is 33.1 Å². The molecule has 19 heavy (non-hydrogen) atoms. The third-order valence-electron chi connectivity index (χ3n) is 2.51. The predicted molar refractivity (Wildman–Crippen MR) is 75.6 cm³/mol. The molecule has 5 nitrogen and oxygen atoms in total. The number of nitrogens with two attached hydrogens (primary N) is 1. The topological polar surface area (TPSA) is 85.1 Å². The Morgan fingerprint density at radius 1 is 1.26 bits per heavy atom. The Morgan fingerprint density at radius 3 is 2.63 bits per heavy atom. The summed E-state index contributed by atoms with van der Waals surface area (Å²) < 4.78 is 26.8. The van der Waals surface area contributed by atoms with Crippen LogP contribution in [0, 0.1) is 6.92 Å². The molecule has 7 heteroatoms. The molecule has 1 aromatic heterocycles. The van der Waals surface area contributed by atoms with E-state index in [0.717, 1.165) is 5.56 Å². The summed E-state index contributed by atoms with van der Waals surface area (Å²) in [7, 11) is -3.70. The van der Waals surface area contributed by atoms with Gasteiger partial charge < -0.3 is 5.73 Å². The second kappa shape index (κ2) is 5.07. The van der Waals surface area contributed by atoms with Crippen LogP contribution in [0.2, 0.25) is 5.02 Å². The maximum atomic E-state index is 12.1. The van der Waals surface area contributed by atoms with E-state index in [1.807, 2.05) is 0 Å². The minimum Gasteiger partial charge on any atom is -0.384 e. The van der Waals surface area contributed by atoms with Crippen LogP contribution in [0.1, 0.15) is 5.56 Å². The molecule has 0 aliphatic carbocycles. The number of nitrogens with zero attached hydrogens (tertiary/aromatic N) is 1. The maximum absolute atomic E-state index is 12.1. The highest BCUT2D eigenvalue weighted by Gasteiger charge is 2.15. The second-order valence-electron chi connectivity index (χ2n) is 3.98. The molecule has 0 atom stereocenters. The number of hydrogen-bond acceptors (Lipinski definition) is 4. The van der Waals surface area contributed by atoms with Crippen LogP contribution >= 0.6 is 11.6 Å². The first-order valence-corrected chi connectivity index (χ1v) is 7.25. The van der Waals surface area contributed by atoms with E-state index in [2.05, 4.69) is 9.71 Å². The standard InChI is InChI=1S/C12H12ClN3O2S/c1-8-2-3-9(13)6-11(8)16-19(17,18)10-4-5-12(14)15-7-10/h2-7,16H,1H3,(H2,14,15). The second-order valence-corrected chi connectivity index (χ2v) is 6.10. The highest BCUT2D eigenvalue weighted by molar-refractivity contribution is 7.92. The lowest BCUT2D eigenvalue weighted by molar-refractivity contribution is 0.601. The van der Waals surface area contributed by atoms with Gasteiger partial charge in [-0.15, -0.1) is 0 Å². The zero-order valence-corrected chi connectivity index (χ0v) is 11.7. The number of hydrogen-bond donors (Lipinski definition) is 2. The molecule has 0 fully saturated rings. The lowest BCUT2D eigenvalue weighted by atomic mass is 10.2. The van der Waals surface area contributed by atoms with Gasteiger partial charge in [0.25, 0.3) is 10.0 Å². The van der Waals surface area contributed by atoms with E-state index in [4.69, 9.17) is 17.3 Å². The van der Waals surface area contributed by atoms with Crippen LogP contribution in [0.25, 0.3) is 0 Å². The molecule has 0 radical (unpaired) electrons. The molecule has 0 aliphatic heterocycles. The van der Waals surface area contributed by atoms with Gasteiger partial charge in [-0.2, -0.15) is 0 Å². The van der Waals surface area contributed by atoms with Gasteiger partial charge in [0, 0.05) is 11.2 Å². The van der Waals surface area contributed by atoms with E-state index in [1.54, 1.807) is 25.1 Å². The van der Waals surface area contributed by atoms with Crippen LogP contribution in [-0.2, 0) is 10.0 Å². The van der Waals surface area contributed by atoms with Crippen molar-refractivity contribution in [3.05, 3.63) is 47.1 Å². The van der Waals surface area contributed by atoms with Gasteiger partial charge >= 0.3 is 0 Å². The van der Waals surface area contributed by atoms with Crippen molar-refractivity contribution in [1.29, 1.82) is 0 Å². The molecule has 3 N–H and O–H groups in total. The molecule has 1 aromatic carbocycles. The van der Waals surface area contributed by atoms with E-state index in [0.29, 0.717) is 10.7 Å². The first-order valence-electron chi connectivity index (χ1n) is 5.39. The molecule has 2 aromatic rings. The van der Waals surface area contributed by atoms with Crippen LogP contribution < -0.4 is 10.5 Å². The van der Waals surface area contributed by atoms with Gasteiger partial charge in [0.1, 0.15) is 10.7 Å². The highest BCUT2D eigenvalue weighted by Crippen LogP contribution is 2.23. The van der Waals surface area contributed by atoms with Gasteiger partial charge in [0.15, 0.2) is 0 Å². The summed E-state index contributed by atoms with van der Waals surface area (Å²) in [5.41, 5.74) is 6.63. The van der Waals surface area contributed by atoms with E-state index in [9.17, 15) is 8.42 Å². The molecular weight excluding hydrogens is 286 g/mol. The van der Waals surface area contributed by atoms with Crippen LogP contribution in [0.3, 0.4) is 0 Å².